The summed E-state index contributed by atoms with van der Waals surface area (Å²) in [6.45, 7) is 6.97. The van der Waals surface area contributed by atoms with Crippen LogP contribution in [-0.2, 0) is 12.8 Å². The first-order valence-electron chi connectivity index (χ1n) is 6.28. The Morgan fingerprint density at radius 3 is 2.44 bits per heavy atom. The van der Waals surface area contributed by atoms with Crippen molar-refractivity contribution in [1.82, 2.24) is 15.4 Å². The molecule has 0 amide bonds. The molecule has 2 rings (SSSR count). The number of aromatic amines is 1. The van der Waals surface area contributed by atoms with Crippen molar-refractivity contribution in [2.75, 3.05) is 6.61 Å². The van der Waals surface area contributed by atoms with Crippen molar-refractivity contribution in [3.05, 3.63) is 40.7 Å². The Morgan fingerprint density at radius 1 is 1.17 bits per heavy atom. The van der Waals surface area contributed by atoms with E-state index in [1.54, 1.807) is 6.20 Å². The summed E-state index contributed by atoms with van der Waals surface area (Å²) in [5.41, 5.74) is 4.94. The Labute approximate surface area is 107 Å². The molecule has 96 valence electrons. The molecule has 0 unspecified atom stereocenters. The van der Waals surface area contributed by atoms with Crippen LogP contribution in [0.15, 0.2) is 18.3 Å². The van der Waals surface area contributed by atoms with E-state index in [9.17, 15) is 0 Å². The molecule has 0 aliphatic carbocycles. The summed E-state index contributed by atoms with van der Waals surface area (Å²) >= 11 is 0. The first-order valence-corrected chi connectivity index (χ1v) is 6.28. The quantitative estimate of drug-likeness (QED) is 0.881. The molecule has 0 saturated heterocycles. The number of hydrogen-bond acceptors (Lipinski definition) is 3. The lowest BCUT2D eigenvalue weighted by molar-refractivity contribution is 0.339. The highest BCUT2D eigenvalue weighted by molar-refractivity contribution is 5.41. The predicted molar refractivity (Wildman–Crippen MR) is 70.9 cm³/mol. The van der Waals surface area contributed by atoms with Crippen molar-refractivity contribution in [1.29, 1.82) is 0 Å². The van der Waals surface area contributed by atoms with Crippen LogP contribution in [0, 0.1) is 13.8 Å². The lowest BCUT2D eigenvalue weighted by atomic mass is 9.97. The minimum Gasteiger partial charge on any atom is -0.494 e. The van der Waals surface area contributed by atoms with Gasteiger partial charge in [0.15, 0.2) is 0 Å². The molecule has 18 heavy (non-hydrogen) atoms. The van der Waals surface area contributed by atoms with Gasteiger partial charge in [-0.2, -0.15) is 15.4 Å². The lowest BCUT2D eigenvalue weighted by Crippen LogP contribution is -2.00. The van der Waals surface area contributed by atoms with Crippen LogP contribution in [0.5, 0.6) is 5.75 Å². The van der Waals surface area contributed by atoms with Crippen LogP contribution >= 0.6 is 0 Å². The molecule has 0 aliphatic rings. The SMILES string of the molecule is CCOc1cc(C)c(CCc2cn[nH]n2)c(C)c1. The molecule has 0 radical (unpaired) electrons. The van der Waals surface area contributed by atoms with Gasteiger partial charge in [0.05, 0.1) is 18.5 Å². The molecule has 0 aliphatic heterocycles. The summed E-state index contributed by atoms with van der Waals surface area (Å²) in [6, 6.07) is 4.21. The molecule has 0 fully saturated rings. The minimum atomic E-state index is 0.706. The van der Waals surface area contributed by atoms with E-state index in [0.29, 0.717) is 6.61 Å². The largest absolute Gasteiger partial charge is 0.494 e. The Hall–Kier alpha value is -1.84. The van der Waals surface area contributed by atoms with E-state index in [0.717, 1.165) is 24.3 Å². The Kier molecular flexibility index (Phi) is 3.97. The van der Waals surface area contributed by atoms with E-state index < -0.39 is 0 Å². The van der Waals surface area contributed by atoms with E-state index in [1.165, 1.54) is 16.7 Å². The topological polar surface area (TPSA) is 50.8 Å². The van der Waals surface area contributed by atoms with Crippen LogP contribution < -0.4 is 4.74 Å². The number of aromatic nitrogens is 3. The Bertz CT molecular complexity index is 483. The highest BCUT2D eigenvalue weighted by Crippen LogP contribution is 2.23. The fraction of sp³-hybridized carbons (Fsp3) is 0.429. The second-order valence-electron chi connectivity index (χ2n) is 4.43. The maximum Gasteiger partial charge on any atom is 0.119 e. The number of nitrogens with zero attached hydrogens (tertiary/aromatic N) is 2. The van der Waals surface area contributed by atoms with Crippen molar-refractivity contribution in [2.24, 2.45) is 0 Å². The molecule has 1 aromatic carbocycles. The smallest absolute Gasteiger partial charge is 0.119 e. The van der Waals surface area contributed by atoms with Crippen LogP contribution in [-0.4, -0.2) is 22.0 Å². The van der Waals surface area contributed by atoms with E-state index in [-0.39, 0.29) is 0 Å². The van der Waals surface area contributed by atoms with Gasteiger partial charge in [-0.3, -0.25) is 0 Å². The van der Waals surface area contributed by atoms with Gasteiger partial charge in [0, 0.05) is 0 Å². The fourth-order valence-corrected chi connectivity index (χ4v) is 2.20. The standard InChI is InChI=1S/C14H19N3O/c1-4-18-13-7-10(2)14(11(3)8-13)6-5-12-9-15-17-16-12/h7-9H,4-6H2,1-3H3,(H,15,16,17). The number of aryl methyl sites for hydroxylation is 3. The van der Waals surface area contributed by atoms with Gasteiger partial charge >= 0.3 is 0 Å². The molecular formula is C14H19N3O. The van der Waals surface area contributed by atoms with Gasteiger partial charge in [0.2, 0.25) is 0 Å². The summed E-state index contributed by atoms with van der Waals surface area (Å²) in [5.74, 6) is 0.956. The zero-order valence-electron chi connectivity index (χ0n) is 11.2. The third kappa shape index (κ3) is 2.88. The second-order valence-corrected chi connectivity index (χ2v) is 4.43. The van der Waals surface area contributed by atoms with E-state index in [1.807, 2.05) is 6.92 Å². The van der Waals surface area contributed by atoms with Gasteiger partial charge < -0.3 is 4.74 Å². The second kappa shape index (κ2) is 5.67. The molecule has 4 nitrogen and oxygen atoms in total. The molecule has 0 spiro atoms. The molecule has 0 saturated carbocycles. The molecule has 4 heteroatoms. The van der Waals surface area contributed by atoms with E-state index >= 15 is 0 Å². The monoisotopic (exact) mass is 245 g/mol. The molecular weight excluding hydrogens is 226 g/mol. The van der Waals surface area contributed by atoms with Gasteiger partial charge in [0.1, 0.15) is 5.75 Å². The maximum absolute atomic E-state index is 5.55. The Balaban J connectivity index is 2.12. The zero-order chi connectivity index (χ0) is 13.0. The van der Waals surface area contributed by atoms with Gasteiger partial charge in [-0.15, -0.1) is 0 Å². The first-order chi connectivity index (χ1) is 8.70. The van der Waals surface area contributed by atoms with Crippen LogP contribution in [0.3, 0.4) is 0 Å². The van der Waals surface area contributed by atoms with Crippen molar-refractivity contribution < 1.29 is 4.74 Å². The fourth-order valence-electron chi connectivity index (χ4n) is 2.20. The molecule has 0 bridgehead atoms. The van der Waals surface area contributed by atoms with Crippen LogP contribution in [0.25, 0.3) is 0 Å². The summed E-state index contributed by atoms with van der Waals surface area (Å²) in [4.78, 5) is 0. The summed E-state index contributed by atoms with van der Waals surface area (Å²) in [6.07, 6.45) is 3.67. The van der Waals surface area contributed by atoms with Gasteiger partial charge in [-0.1, -0.05) is 0 Å². The van der Waals surface area contributed by atoms with Crippen molar-refractivity contribution in [2.45, 2.75) is 33.6 Å². The van der Waals surface area contributed by atoms with Crippen LogP contribution in [0.4, 0.5) is 0 Å². The number of ether oxygens (including phenoxy) is 1. The Morgan fingerprint density at radius 2 is 1.89 bits per heavy atom. The van der Waals surface area contributed by atoms with Crippen molar-refractivity contribution >= 4 is 0 Å². The number of hydrogen-bond donors (Lipinski definition) is 1. The van der Waals surface area contributed by atoms with Crippen LogP contribution in [0.1, 0.15) is 29.3 Å². The number of nitrogens with one attached hydrogen (secondary N) is 1. The average molecular weight is 245 g/mol. The van der Waals surface area contributed by atoms with E-state index in [2.05, 4.69) is 41.4 Å². The third-order valence-corrected chi connectivity index (χ3v) is 3.08. The highest BCUT2D eigenvalue weighted by atomic mass is 16.5. The van der Waals surface area contributed by atoms with Crippen molar-refractivity contribution in [3.63, 3.8) is 0 Å². The number of benzene rings is 1. The minimum absolute atomic E-state index is 0.706. The zero-order valence-corrected chi connectivity index (χ0v) is 11.2. The van der Waals surface area contributed by atoms with Gasteiger partial charge in [0.25, 0.3) is 0 Å². The summed E-state index contributed by atoms with van der Waals surface area (Å²) in [5, 5.41) is 10.5. The van der Waals surface area contributed by atoms with E-state index in [4.69, 9.17) is 4.74 Å². The van der Waals surface area contributed by atoms with Gasteiger partial charge in [-0.25, -0.2) is 0 Å². The normalized spacial score (nSPS) is 10.6. The maximum atomic E-state index is 5.55. The molecule has 0 atom stereocenters. The molecule has 2 aromatic rings. The summed E-state index contributed by atoms with van der Waals surface area (Å²) in [7, 11) is 0. The lowest BCUT2D eigenvalue weighted by Gasteiger charge is -2.12. The first kappa shape index (κ1) is 12.6. The third-order valence-electron chi connectivity index (χ3n) is 3.08. The van der Waals surface area contributed by atoms with Crippen LogP contribution in [0.2, 0.25) is 0 Å². The van der Waals surface area contributed by atoms with Gasteiger partial charge in [-0.05, 0) is 62.4 Å². The predicted octanol–water partition coefficient (Wildman–Crippen LogP) is 2.61. The highest BCUT2D eigenvalue weighted by Gasteiger charge is 2.07. The molecule has 1 N–H and O–H groups in total. The number of rotatable bonds is 5. The summed E-state index contributed by atoms with van der Waals surface area (Å²) < 4.78 is 5.55. The molecule has 1 heterocycles. The number of H-pyrrole nitrogens is 1. The molecule has 1 aromatic heterocycles. The average Bonchev–Trinajstić information content (AvgIpc) is 2.81. The van der Waals surface area contributed by atoms with Crippen molar-refractivity contribution in [3.8, 4) is 5.75 Å².